The van der Waals surface area contributed by atoms with E-state index in [1.165, 1.54) is 22.6 Å². The molecule has 2 N–H and O–H groups in total. The minimum atomic E-state index is -0.442. The van der Waals surface area contributed by atoms with E-state index in [2.05, 4.69) is 17.6 Å². The molecule has 0 spiro atoms. The Morgan fingerprint density at radius 3 is 2.96 bits per heavy atom. The minimum absolute atomic E-state index is 0.0219. The van der Waals surface area contributed by atoms with Crippen molar-refractivity contribution in [3.8, 4) is 0 Å². The molecule has 4 rings (SSSR count). The van der Waals surface area contributed by atoms with Gasteiger partial charge in [0, 0.05) is 22.6 Å². The Kier molecular flexibility index (Phi) is 3.53. The lowest BCUT2D eigenvalue weighted by atomic mass is 9.88. The zero-order chi connectivity index (χ0) is 16.8. The molecule has 1 aliphatic carbocycles. The van der Waals surface area contributed by atoms with E-state index >= 15 is 0 Å². The van der Waals surface area contributed by atoms with Gasteiger partial charge in [0.15, 0.2) is 0 Å². The van der Waals surface area contributed by atoms with Gasteiger partial charge in [-0.2, -0.15) is 0 Å². The minimum Gasteiger partial charge on any atom is -0.353 e. The molecule has 1 aromatic heterocycles. The van der Waals surface area contributed by atoms with Crippen LogP contribution in [0, 0.1) is 16.0 Å². The SMILES string of the molecule is CC1CCc2c(sc3c2C(=O)NC(c2cccc([N+](=O)[O-])c2)N3)C1. The molecule has 0 fully saturated rings. The summed E-state index contributed by atoms with van der Waals surface area (Å²) >= 11 is 1.65. The normalized spacial score (nSPS) is 22.1. The lowest BCUT2D eigenvalue weighted by Crippen LogP contribution is -2.38. The average molecular weight is 343 g/mol. The number of benzene rings is 1. The number of carbonyl (C=O) groups is 1. The van der Waals surface area contributed by atoms with E-state index in [4.69, 9.17) is 0 Å². The zero-order valence-corrected chi connectivity index (χ0v) is 14.0. The van der Waals surface area contributed by atoms with Crippen LogP contribution in [-0.2, 0) is 12.8 Å². The third-order valence-corrected chi connectivity index (χ3v) is 5.89. The first-order chi connectivity index (χ1) is 11.5. The number of nitrogens with zero attached hydrogens (tertiary/aromatic N) is 1. The van der Waals surface area contributed by atoms with Crippen molar-refractivity contribution in [1.82, 2.24) is 5.32 Å². The molecular weight excluding hydrogens is 326 g/mol. The van der Waals surface area contributed by atoms with E-state index in [9.17, 15) is 14.9 Å². The van der Waals surface area contributed by atoms with E-state index in [1.807, 2.05) is 0 Å². The number of hydrogen-bond donors (Lipinski definition) is 2. The molecule has 1 aromatic carbocycles. The van der Waals surface area contributed by atoms with Crippen LogP contribution in [0.3, 0.4) is 0 Å². The monoisotopic (exact) mass is 343 g/mol. The topological polar surface area (TPSA) is 84.3 Å². The van der Waals surface area contributed by atoms with Crippen LogP contribution >= 0.6 is 11.3 Å². The van der Waals surface area contributed by atoms with E-state index in [1.54, 1.807) is 23.5 Å². The Hall–Kier alpha value is -2.41. The second-order valence-electron chi connectivity index (χ2n) is 6.46. The standard InChI is InChI=1S/C17H17N3O3S/c1-9-5-6-12-13(7-9)24-17-14(12)16(21)18-15(19-17)10-3-2-4-11(8-10)20(22)23/h2-4,8-9,15,19H,5-7H2,1H3,(H,18,21). The van der Waals surface area contributed by atoms with Crippen LogP contribution in [0.2, 0.25) is 0 Å². The van der Waals surface area contributed by atoms with Crippen LogP contribution in [0.5, 0.6) is 0 Å². The van der Waals surface area contributed by atoms with Crippen molar-refractivity contribution >= 4 is 27.9 Å². The Morgan fingerprint density at radius 2 is 2.17 bits per heavy atom. The summed E-state index contributed by atoms with van der Waals surface area (Å²) in [6.07, 6.45) is 2.63. The van der Waals surface area contributed by atoms with Gasteiger partial charge in [-0.1, -0.05) is 19.1 Å². The van der Waals surface area contributed by atoms with Crippen LogP contribution in [0.15, 0.2) is 24.3 Å². The maximum Gasteiger partial charge on any atom is 0.269 e. The fourth-order valence-corrected chi connectivity index (χ4v) is 4.88. The molecular formula is C17H17N3O3S. The van der Waals surface area contributed by atoms with Gasteiger partial charge in [-0.3, -0.25) is 14.9 Å². The van der Waals surface area contributed by atoms with Crippen LogP contribution in [-0.4, -0.2) is 10.8 Å². The number of thiophene rings is 1. The molecule has 24 heavy (non-hydrogen) atoms. The van der Waals surface area contributed by atoms with Gasteiger partial charge in [0.1, 0.15) is 11.2 Å². The maximum absolute atomic E-state index is 12.6. The number of anilines is 1. The molecule has 7 heteroatoms. The van der Waals surface area contributed by atoms with Gasteiger partial charge in [0.05, 0.1) is 10.5 Å². The van der Waals surface area contributed by atoms with E-state index < -0.39 is 11.1 Å². The molecule has 2 atom stereocenters. The fourth-order valence-electron chi connectivity index (χ4n) is 3.45. The first-order valence-electron chi connectivity index (χ1n) is 7.99. The first kappa shape index (κ1) is 15.1. The molecule has 2 heterocycles. The second-order valence-corrected chi connectivity index (χ2v) is 7.56. The van der Waals surface area contributed by atoms with Crippen molar-refractivity contribution in [3.63, 3.8) is 0 Å². The molecule has 2 aliphatic rings. The Balaban J connectivity index is 1.68. The van der Waals surface area contributed by atoms with Gasteiger partial charge >= 0.3 is 0 Å². The molecule has 6 nitrogen and oxygen atoms in total. The molecule has 1 amide bonds. The Labute approximate surface area is 143 Å². The van der Waals surface area contributed by atoms with Gasteiger partial charge in [-0.15, -0.1) is 11.3 Å². The molecule has 124 valence electrons. The van der Waals surface area contributed by atoms with E-state index in [0.717, 1.165) is 29.8 Å². The van der Waals surface area contributed by atoms with E-state index in [0.29, 0.717) is 11.5 Å². The third kappa shape index (κ3) is 2.45. The smallest absolute Gasteiger partial charge is 0.269 e. The second kappa shape index (κ2) is 5.59. The molecule has 0 saturated heterocycles. The highest BCUT2D eigenvalue weighted by molar-refractivity contribution is 7.16. The van der Waals surface area contributed by atoms with Crippen molar-refractivity contribution in [3.05, 3.63) is 55.9 Å². The molecule has 0 saturated carbocycles. The summed E-state index contributed by atoms with van der Waals surface area (Å²) in [6, 6.07) is 6.37. The molecule has 2 unspecified atom stereocenters. The molecule has 0 bridgehead atoms. The van der Waals surface area contributed by atoms with Gasteiger partial charge in [0.25, 0.3) is 11.6 Å². The summed E-state index contributed by atoms with van der Waals surface area (Å²) in [6.45, 7) is 2.24. The van der Waals surface area contributed by atoms with Crippen LogP contribution < -0.4 is 10.6 Å². The highest BCUT2D eigenvalue weighted by Gasteiger charge is 2.33. The first-order valence-corrected chi connectivity index (χ1v) is 8.81. The summed E-state index contributed by atoms with van der Waals surface area (Å²) in [5.74, 6) is 0.556. The number of nitro benzene ring substituents is 1. The molecule has 1 aliphatic heterocycles. The summed E-state index contributed by atoms with van der Waals surface area (Å²) in [4.78, 5) is 24.5. The number of nitrogens with one attached hydrogen (secondary N) is 2. The lowest BCUT2D eigenvalue weighted by molar-refractivity contribution is -0.384. The van der Waals surface area contributed by atoms with Crippen LogP contribution in [0.25, 0.3) is 0 Å². The van der Waals surface area contributed by atoms with Crippen LogP contribution in [0.1, 0.15) is 45.9 Å². The highest BCUT2D eigenvalue weighted by Crippen LogP contribution is 2.42. The number of nitro groups is 1. The van der Waals surface area contributed by atoms with Crippen LogP contribution in [0.4, 0.5) is 10.7 Å². The molecule has 2 aromatic rings. The van der Waals surface area contributed by atoms with Gasteiger partial charge in [-0.05, 0) is 30.7 Å². The van der Waals surface area contributed by atoms with Crippen molar-refractivity contribution < 1.29 is 9.72 Å². The predicted octanol–water partition coefficient (Wildman–Crippen LogP) is 3.64. The Morgan fingerprint density at radius 1 is 1.33 bits per heavy atom. The number of hydrogen-bond acceptors (Lipinski definition) is 5. The third-order valence-electron chi connectivity index (χ3n) is 4.70. The quantitative estimate of drug-likeness (QED) is 0.644. The van der Waals surface area contributed by atoms with Crippen molar-refractivity contribution in [1.29, 1.82) is 0 Å². The maximum atomic E-state index is 12.6. The number of fused-ring (bicyclic) bond motifs is 3. The van der Waals surface area contributed by atoms with E-state index in [-0.39, 0.29) is 11.6 Å². The summed E-state index contributed by atoms with van der Waals surface area (Å²) < 4.78 is 0. The van der Waals surface area contributed by atoms with Crippen molar-refractivity contribution in [2.24, 2.45) is 5.92 Å². The summed E-state index contributed by atoms with van der Waals surface area (Å²) in [7, 11) is 0. The van der Waals surface area contributed by atoms with Gasteiger partial charge in [-0.25, -0.2) is 0 Å². The van der Waals surface area contributed by atoms with Crippen molar-refractivity contribution in [2.75, 3.05) is 5.32 Å². The summed E-state index contributed by atoms with van der Waals surface area (Å²) in [5.41, 5.74) is 2.65. The Bertz CT molecular complexity index is 846. The zero-order valence-electron chi connectivity index (χ0n) is 13.2. The molecule has 0 radical (unpaired) electrons. The highest BCUT2D eigenvalue weighted by atomic mass is 32.1. The average Bonchev–Trinajstić information content (AvgIpc) is 2.92. The predicted molar refractivity (Wildman–Crippen MR) is 92.4 cm³/mol. The van der Waals surface area contributed by atoms with Gasteiger partial charge in [0.2, 0.25) is 0 Å². The largest absolute Gasteiger partial charge is 0.353 e. The lowest BCUT2D eigenvalue weighted by Gasteiger charge is -2.27. The van der Waals surface area contributed by atoms with Gasteiger partial charge < -0.3 is 10.6 Å². The summed E-state index contributed by atoms with van der Waals surface area (Å²) in [5, 5.41) is 18.1. The number of carbonyl (C=O) groups excluding carboxylic acids is 1. The fraction of sp³-hybridized carbons (Fsp3) is 0.353. The number of non-ortho nitro benzene ring substituents is 1. The number of rotatable bonds is 2. The van der Waals surface area contributed by atoms with Crippen molar-refractivity contribution in [2.45, 2.75) is 32.4 Å². The number of amides is 1.